The largest absolute Gasteiger partial charge is 0.598 e. The maximum atomic E-state index is 12.2. The van der Waals surface area contributed by atoms with E-state index in [0.717, 1.165) is 32.4 Å². The first-order valence-corrected chi connectivity index (χ1v) is 9.43. The van der Waals surface area contributed by atoms with Crippen molar-refractivity contribution >= 4 is 10.4 Å². The average Bonchev–Trinajstić information content (AvgIpc) is 2.59. The number of hydrogen-bond donors (Lipinski definition) is 0. The monoisotopic (exact) mass is 308 g/mol. The van der Waals surface area contributed by atoms with Crippen LogP contribution in [0, 0.1) is 5.41 Å². The Morgan fingerprint density at radius 2 is 1.81 bits per heavy atom. The normalized spacial score (nSPS) is 26.0. The Bertz CT molecular complexity index is 561. The second-order valence-corrected chi connectivity index (χ2v) is 8.76. The maximum Gasteiger partial charge on any atom is 0.122 e. The standard InChI is InChI=1S/C16H24N2O2S/c1-17-9-7-16(8-10-17)11-14-5-3-4-6-15(14)12-18(13-16)21(2,19)20/h3-6H,7-13H2,1-2H3. The second kappa shape index (κ2) is 5.47. The van der Waals surface area contributed by atoms with Gasteiger partial charge in [0.2, 0.25) is 0 Å². The van der Waals surface area contributed by atoms with Gasteiger partial charge in [-0.05, 0) is 55.9 Å². The van der Waals surface area contributed by atoms with Gasteiger partial charge in [-0.2, -0.15) is 0 Å². The third-order valence-electron chi connectivity index (χ3n) is 5.06. The van der Waals surface area contributed by atoms with Gasteiger partial charge in [0.15, 0.2) is 0 Å². The Labute approximate surface area is 128 Å². The lowest BCUT2D eigenvalue weighted by Gasteiger charge is -2.42. The second-order valence-electron chi connectivity index (χ2n) is 6.78. The highest BCUT2D eigenvalue weighted by atomic mass is 32.3. The Hall–Kier alpha value is -0.750. The molecule has 5 heteroatoms. The van der Waals surface area contributed by atoms with Crippen LogP contribution >= 0.6 is 0 Å². The van der Waals surface area contributed by atoms with Crippen molar-refractivity contribution in [2.75, 3.05) is 32.9 Å². The van der Waals surface area contributed by atoms with Gasteiger partial charge >= 0.3 is 0 Å². The van der Waals surface area contributed by atoms with Crippen LogP contribution in [-0.2, 0) is 27.6 Å². The highest BCUT2D eigenvalue weighted by molar-refractivity contribution is 7.94. The van der Waals surface area contributed by atoms with E-state index in [1.54, 1.807) is 4.31 Å². The highest BCUT2D eigenvalue weighted by Gasteiger charge is 2.41. The molecule has 21 heavy (non-hydrogen) atoms. The summed E-state index contributed by atoms with van der Waals surface area (Å²) in [7, 11) is -1.02. The van der Waals surface area contributed by atoms with Crippen molar-refractivity contribution in [1.29, 1.82) is 0 Å². The van der Waals surface area contributed by atoms with Crippen LogP contribution in [0.15, 0.2) is 24.3 Å². The van der Waals surface area contributed by atoms with Gasteiger partial charge < -0.3 is 9.45 Å². The first-order valence-electron chi connectivity index (χ1n) is 7.58. The summed E-state index contributed by atoms with van der Waals surface area (Å²) in [6.07, 6.45) is 4.49. The predicted molar refractivity (Wildman–Crippen MR) is 84.5 cm³/mol. The number of sulfonamides is 1. The van der Waals surface area contributed by atoms with Crippen LogP contribution < -0.4 is 0 Å². The summed E-state index contributed by atoms with van der Waals surface area (Å²) >= 11 is 0. The van der Waals surface area contributed by atoms with E-state index < -0.39 is 10.4 Å². The Balaban J connectivity index is 1.97. The van der Waals surface area contributed by atoms with Crippen LogP contribution in [0.25, 0.3) is 0 Å². The highest BCUT2D eigenvalue weighted by Crippen LogP contribution is 2.40. The molecule has 0 N–H and O–H groups in total. The van der Waals surface area contributed by atoms with Crippen molar-refractivity contribution in [2.24, 2.45) is 5.41 Å². The molecule has 0 aromatic heterocycles. The lowest BCUT2D eigenvalue weighted by Crippen LogP contribution is -2.47. The summed E-state index contributed by atoms with van der Waals surface area (Å²) in [5.41, 5.74) is 2.59. The molecule has 2 aliphatic rings. The lowest BCUT2D eigenvalue weighted by atomic mass is 9.74. The van der Waals surface area contributed by atoms with E-state index in [4.69, 9.17) is 0 Å². The molecular weight excluding hydrogens is 284 g/mol. The molecule has 1 fully saturated rings. The van der Waals surface area contributed by atoms with Crippen LogP contribution in [0.3, 0.4) is 0 Å². The number of rotatable bonds is 1. The summed E-state index contributed by atoms with van der Waals surface area (Å²) in [4.78, 5) is 2.34. The van der Waals surface area contributed by atoms with Crippen LogP contribution in [0.2, 0.25) is 0 Å². The van der Waals surface area contributed by atoms with Crippen molar-refractivity contribution in [2.45, 2.75) is 25.8 Å². The van der Waals surface area contributed by atoms with E-state index >= 15 is 0 Å². The van der Waals surface area contributed by atoms with Crippen molar-refractivity contribution in [1.82, 2.24) is 9.21 Å². The molecule has 2 aliphatic heterocycles. The van der Waals surface area contributed by atoms with E-state index in [9.17, 15) is 8.76 Å². The van der Waals surface area contributed by atoms with Gasteiger partial charge in [0.1, 0.15) is 16.7 Å². The fraction of sp³-hybridized carbons (Fsp3) is 0.625. The van der Waals surface area contributed by atoms with Gasteiger partial charge in [-0.3, -0.25) is 0 Å². The number of likely N-dealkylation sites (tertiary alicyclic amines) is 1. The van der Waals surface area contributed by atoms with Crippen molar-refractivity contribution in [3.05, 3.63) is 35.4 Å². The predicted octanol–water partition coefficient (Wildman–Crippen LogP) is 1.93. The molecule has 2 heterocycles. The van der Waals surface area contributed by atoms with Gasteiger partial charge in [-0.25, -0.2) is 0 Å². The zero-order valence-corrected chi connectivity index (χ0v) is 13.7. The molecular formula is C16H24N2O2S. The first-order chi connectivity index (χ1) is 9.88. The number of fused-ring (bicyclic) bond motifs is 1. The van der Waals surface area contributed by atoms with E-state index in [0.29, 0.717) is 13.1 Å². The number of benzene rings is 1. The van der Waals surface area contributed by atoms with Crippen LogP contribution in [0.4, 0.5) is 0 Å². The van der Waals surface area contributed by atoms with Gasteiger partial charge in [0.05, 0.1) is 13.1 Å². The fourth-order valence-corrected chi connectivity index (χ4v) is 4.51. The van der Waals surface area contributed by atoms with E-state index in [1.165, 1.54) is 17.4 Å². The Kier molecular flexibility index (Phi) is 3.94. The zero-order chi connectivity index (χ0) is 15.1. The number of nitrogens with zero attached hydrogens (tertiary/aromatic N) is 2. The smallest absolute Gasteiger partial charge is 0.122 e. The number of piperidine rings is 1. The number of hydrogen-bond acceptors (Lipinski definition) is 3. The van der Waals surface area contributed by atoms with Gasteiger partial charge in [-0.15, -0.1) is 4.31 Å². The van der Waals surface area contributed by atoms with Crippen LogP contribution in [0.5, 0.6) is 0 Å². The summed E-state index contributed by atoms with van der Waals surface area (Å²) in [5.74, 6) is 0. The summed E-state index contributed by atoms with van der Waals surface area (Å²) in [6, 6.07) is 8.31. The lowest BCUT2D eigenvalue weighted by molar-refractivity contribution is 0.0991. The zero-order valence-electron chi connectivity index (χ0n) is 12.9. The molecule has 1 aromatic rings. The van der Waals surface area contributed by atoms with Crippen molar-refractivity contribution in [3.63, 3.8) is 0 Å². The first kappa shape index (κ1) is 15.2. The molecule has 3 rings (SSSR count). The fourth-order valence-electron chi connectivity index (χ4n) is 3.63. The third kappa shape index (κ3) is 3.21. The molecule has 116 valence electrons. The summed E-state index contributed by atoms with van der Waals surface area (Å²) in [6.45, 7) is 3.29. The van der Waals surface area contributed by atoms with Gasteiger partial charge in [0, 0.05) is 0 Å². The van der Waals surface area contributed by atoms with Crippen molar-refractivity contribution < 1.29 is 8.76 Å². The quantitative estimate of drug-likeness (QED) is 0.745. The molecule has 1 atom stereocenters. The van der Waals surface area contributed by atoms with Gasteiger partial charge in [-0.1, -0.05) is 28.5 Å². The molecule has 0 aliphatic carbocycles. The molecule has 0 amide bonds. The minimum Gasteiger partial charge on any atom is -0.598 e. The third-order valence-corrected chi connectivity index (χ3v) is 6.26. The van der Waals surface area contributed by atoms with E-state index in [2.05, 4.69) is 30.1 Å². The topological polar surface area (TPSA) is 46.6 Å². The van der Waals surface area contributed by atoms with Crippen LogP contribution in [-0.4, -0.2) is 46.7 Å². The molecule has 0 bridgehead atoms. The van der Waals surface area contributed by atoms with Crippen molar-refractivity contribution in [3.8, 4) is 0 Å². The minimum absolute atomic E-state index is 0.0994. The Morgan fingerprint density at radius 1 is 1.19 bits per heavy atom. The molecule has 4 nitrogen and oxygen atoms in total. The van der Waals surface area contributed by atoms with Crippen LogP contribution in [0.1, 0.15) is 24.0 Å². The average molecular weight is 308 g/mol. The Morgan fingerprint density at radius 3 is 2.43 bits per heavy atom. The molecule has 0 radical (unpaired) electrons. The van der Waals surface area contributed by atoms with Gasteiger partial charge in [0.25, 0.3) is 0 Å². The maximum absolute atomic E-state index is 12.2. The SMILES string of the molecule is CN1CCC2(CC1)Cc1ccccc1CN([S+](C)(=O)[O-])C2. The summed E-state index contributed by atoms with van der Waals surface area (Å²) in [5, 5.41) is 0. The molecule has 0 saturated carbocycles. The summed E-state index contributed by atoms with van der Waals surface area (Å²) < 4.78 is 26.0. The minimum atomic E-state index is -3.16. The molecule has 1 aromatic carbocycles. The molecule has 1 unspecified atom stereocenters. The van der Waals surface area contributed by atoms with E-state index in [1.807, 2.05) is 6.07 Å². The molecule has 1 spiro atoms. The molecule has 1 saturated heterocycles. The van der Waals surface area contributed by atoms with E-state index in [-0.39, 0.29) is 5.41 Å².